The normalized spacial score (nSPS) is 10.7. The fraction of sp³-hybridized carbons (Fsp3) is 0.267. The molecule has 0 saturated heterocycles. The van der Waals surface area contributed by atoms with E-state index in [9.17, 15) is 0 Å². The van der Waals surface area contributed by atoms with Gasteiger partial charge in [0.1, 0.15) is 5.75 Å². The predicted molar refractivity (Wildman–Crippen MR) is 73.3 cm³/mol. The van der Waals surface area contributed by atoms with E-state index in [1.165, 1.54) is 0 Å². The fourth-order valence-electron chi connectivity index (χ4n) is 1.74. The average molecular weight is 242 g/mol. The monoisotopic (exact) mass is 242 g/mol. The van der Waals surface area contributed by atoms with E-state index < -0.39 is 0 Å². The molecular weight excluding hydrogens is 224 g/mol. The minimum atomic E-state index is 0.189. The number of nitrogens with zero attached hydrogens (tertiary/aromatic N) is 1. The van der Waals surface area contributed by atoms with Crippen molar-refractivity contribution in [2.45, 2.75) is 26.5 Å². The Balaban J connectivity index is 2.22. The van der Waals surface area contributed by atoms with Crippen LogP contribution in [0, 0.1) is 0 Å². The minimum absolute atomic E-state index is 0.189. The van der Waals surface area contributed by atoms with Gasteiger partial charge in [0.05, 0.1) is 11.8 Å². The molecule has 94 valence electrons. The summed E-state index contributed by atoms with van der Waals surface area (Å²) in [5.41, 5.74) is 8.72. The smallest absolute Gasteiger partial charge is 0.119 e. The Bertz CT molecular complexity index is 506. The van der Waals surface area contributed by atoms with Gasteiger partial charge in [-0.25, -0.2) is 0 Å². The molecule has 0 radical (unpaired) electrons. The second kappa shape index (κ2) is 5.65. The van der Waals surface area contributed by atoms with Crippen molar-refractivity contribution in [1.29, 1.82) is 0 Å². The Hall–Kier alpha value is -1.87. The Labute approximate surface area is 108 Å². The van der Waals surface area contributed by atoms with Crippen molar-refractivity contribution in [2.75, 3.05) is 0 Å². The highest BCUT2D eigenvalue weighted by Crippen LogP contribution is 2.21. The molecule has 0 atom stereocenters. The SMILES string of the molecule is CC(C)Oc1ccc(-c2cc(CN)ccn2)cc1. The summed E-state index contributed by atoms with van der Waals surface area (Å²) < 4.78 is 5.61. The molecule has 1 heterocycles. The first kappa shape index (κ1) is 12.6. The zero-order valence-electron chi connectivity index (χ0n) is 10.8. The van der Waals surface area contributed by atoms with E-state index in [4.69, 9.17) is 10.5 Å². The van der Waals surface area contributed by atoms with Crippen LogP contribution in [0.2, 0.25) is 0 Å². The van der Waals surface area contributed by atoms with Gasteiger partial charge in [-0.15, -0.1) is 0 Å². The van der Waals surface area contributed by atoms with Crippen LogP contribution in [0.5, 0.6) is 5.75 Å². The van der Waals surface area contributed by atoms with E-state index in [0.717, 1.165) is 22.6 Å². The van der Waals surface area contributed by atoms with Gasteiger partial charge in [0.2, 0.25) is 0 Å². The van der Waals surface area contributed by atoms with Gasteiger partial charge in [0.15, 0.2) is 0 Å². The van der Waals surface area contributed by atoms with Crippen LogP contribution in [-0.2, 0) is 6.54 Å². The maximum atomic E-state index is 5.63. The third kappa shape index (κ3) is 3.08. The van der Waals surface area contributed by atoms with Crippen molar-refractivity contribution in [3.8, 4) is 17.0 Å². The maximum Gasteiger partial charge on any atom is 0.119 e. The van der Waals surface area contributed by atoms with Crippen molar-refractivity contribution in [2.24, 2.45) is 5.73 Å². The van der Waals surface area contributed by atoms with Crippen molar-refractivity contribution in [3.63, 3.8) is 0 Å². The molecule has 3 heteroatoms. The first-order valence-electron chi connectivity index (χ1n) is 6.11. The summed E-state index contributed by atoms with van der Waals surface area (Å²) in [6.45, 7) is 4.56. The number of nitrogens with two attached hydrogens (primary N) is 1. The molecule has 2 rings (SSSR count). The molecule has 0 saturated carbocycles. The lowest BCUT2D eigenvalue weighted by Gasteiger charge is -2.10. The summed E-state index contributed by atoms with van der Waals surface area (Å²) in [5, 5.41) is 0. The van der Waals surface area contributed by atoms with Crippen molar-refractivity contribution < 1.29 is 4.74 Å². The summed E-state index contributed by atoms with van der Waals surface area (Å²) in [4.78, 5) is 4.35. The fourth-order valence-corrected chi connectivity index (χ4v) is 1.74. The highest BCUT2D eigenvalue weighted by molar-refractivity contribution is 5.60. The van der Waals surface area contributed by atoms with Crippen molar-refractivity contribution in [3.05, 3.63) is 48.2 Å². The topological polar surface area (TPSA) is 48.1 Å². The van der Waals surface area contributed by atoms with Crippen LogP contribution < -0.4 is 10.5 Å². The second-order valence-electron chi connectivity index (χ2n) is 4.44. The number of rotatable bonds is 4. The van der Waals surface area contributed by atoms with Crippen LogP contribution in [0.3, 0.4) is 0 Å². The molecule has 0 bridgehead atoms. The average Bonchev–Trinajstić information content (AvgIpc) is 2.39. The molecule has 1 aromatic heterocycles. The van der Waals surface area contributed by atoms with Crippen LogP contribution in [0.25, 0.3) is 11.3 Å². The lowest BCUT2D eigenvalue weighted by Crippen LogP contribution is -2.05. The molecule has 0 aliphatic heterocycles. The summed E-state index contributed by atoms with van der Waals surface area (Å²) in [7, 11) is 0. The third-order valence-electron chi connectivity index (χ3n) is 2.58. The van der Waals surface area contributed by atoms with Gasteiger partial charge in [-0.3, -0.25) is 4.98 Å². The van der Waals surface area contributed by atoms with Crippen LogP contribution in [0.15, 0.2) is 42.6 Å². The van der Waals surface area contributed by atoms with E-state index in [0.29, 0.717) is 6.54 Å². The van der Waals surface area contributed by atoms with Gasteiger partial charge >= 0.3 is 0 Å². The molecule has 2 N–H and O–H groups in total. The molecule has 0 amide bonds. The molecule has 0 aliphatic rings. The van der Waals surface area contributed by atoms with Gasteiger partial charge in [0, 0.05) is 18.3 Å². The predicted octanol–water partition coefficient (Wildman–Crippen LogP) is 2.99. The number of aromatic nitrogens is 1. The molecule has 1 aromatic carbocycles. The van der Waals surface area contributed by atoms with Gasteiger partial charge in [-0.1, -0.05) is 0 Å². The van der Waals surface area contributed by atoms with Crippen LogP contribution in [0.1, 0.15) is 19.4 Å². The van der Waals surface area contributed by atoms with Crippen LogP contribution >= 0.6 is 0 Å². The summed E-state index contributed by atoms with van der Waals surface area (Å²) in [6, 6.07) is 11.9. The van der Waals surface area contributed by atoms with Gasteiger partial charge in [0.25, 0.3) is 0 Å². The highest BCUT2D eigenvalue weighted by Gasteiger charge is 2.02. The minimum Gasteiger partial charge on any atom is -0.491 e. The third-order valence-corrected chi connectivity index (χ3v) is 2.58. The zero-order chi connectivity index (χ0) is 13.0. The van der Waals surface area contributed by atoms with Crippen molar-refractivity contribution >= 4 is 0 Å². The van der Waals surface area contributed by atoms with E-state index >= 15 is 0 Å². The number of hydrogen-bond donors (Lipinski definition) is 1. The number of ether oxygens (including phenoxy) is 1. The van der Waals surface area contributed by atoms with E-state index in [1.807, 2.05) is 50.2 Å². The largest absolute Gasteiger partial charge is 0.491 e. The molecule has 3 nitrogen and oxygen atoms in total. The van der Waals surface area contributed by atoms with Crippen molar-refractivity contribution in [1.82, 2.24) is 4.98 Å². The first-order chi connectivity index (χ1) is 8.69. The maximum absolute atomic E-state index is 5.63. The lowest BCUT2D eigenvalue weighted by molar-refractivity contribution is 0.242. The molecule has 18 heavy (non-hydrogen) atoms. The zero-order valence-corrected chi connectivity index (χ0v) is 10.8. The first-order valence-corrected chi connectivity index (χ1v) is 6.11. The number of benzene rings is 1. The standard InChI is InChI=1S/C15H18N2O/c1-11(2)18-14-5-3-13(4-6-14)15-9-12(10-16)7-8-17-15/h3-9,11H,10,16H2,1-2H3. The van der Waals surface area contributed by atoms with Crippen LogP contribution in [-0.4, -0.2) is 11.1 Å². The summed E-state index contributed by atoms with van der Waals surface area (Å²) >= 11 is 0. The van der Waals surface area contributed by atoms with E-state index in [-0.39, 0.29) is 6.10 Å². The lowest BCUT2D eigenvalue weighted by atomic mass is 10.1. The van der Waals surface area contributed by atoms with Crippen LogP contribution in [0.4, 0.5) is 0 Å². The summed E-state index contributed by atoms with van der Waals surface area (Å²) in [5.74, 6) is 0.878. The van der Waals surface area contributed by atoms with E-state index in [2.05, 4.69) is 4.98 Å². The second-order valence-corrected chi connectivity index (χ2v) is 4.44. The van der Waals surface area contributed by atoms with Gasteiger partial charge < -0.3 is 10.5 Å². The summed E-state index contributed by atoms with van der Waals surface area (Å²) in [6.07, 6.45) is 1.98. The quantitative estimate of drug-likeness (QED) is 0.896. The molecule has 0 spiro atoms. The molecule has 0 aliphatic carbocycles. The highest BCUT2D eigenvalue weighted by atomic mass is 16.5. The molecule has 0 unspecified atom stereocenters. The Morgan fingerprint density at radius 2 is 1.89 bits per heavy atom. The Kier molecular flexibility index (Phi) is 3.95. The van der Waals surface area contributed by atoms with E-state index in [1.54, 1.807) is 6.20 Å². The Morgan fingerprint density at radius 1 is 1.17 bits per heavy atom. The number of hydrogen-bond acceptors (Lipinski definition) is 3. The Morgan fingerprint density at radius 3 is 2.50 bits per heavy atom. The molecule has 0 fully saturated rings. The van der Waals surface area contributed by atoms with Gasteiger partial charge in [-0.05, 0) is 55.8 Å². The molecular formula is C15H18N2O. The number of pyridine rings is 1. The van der Waals surface area contributed by atoms with Gasteiger partial charge in [-0.2, -0.15) is 0 Å². The molecule has 2 aromatic rings.